The molecule has 0 N–H and O–H groups in total. The summed E-state index contributed by atoms with van der Waals surface area (Å²) in [4.78, 5) is 4.53. The third kappa shape index (κ3) is 4.03. The Balaban J connectivity index is 2.76. The molecule has 1 unspecified atom stereocenters. The summed E-state index contributed by atoms with van der Waals surface area (Å²) in [6, 6.07) is 0. The fourth-order valence-electron chi connectivity index (χ4n) is 1.64. The highest BCUT2D eigenvalue weighted by molar-refractivity contribution is 7.09. The van der Waals surface area contributed by atoms with E-state index in [4.69, 9.17) is 14.2 Å². The average Bonchev–Trinajstić information content (AvgIpc) is 2.80. The van der Waals surface area contributed by atoms with Gasteiger partial charge in [0.05, 0.1) is 0 Å². The van der Waals surface area contributed by atoms with Crippen LogP contribution >= 0.6 is 11.3 Å². The molecule has 0 radical (unpaired) electrons. The van der Waals surface area contributed by atoms with Gasteiger partial charge in [-0.3, -0.25) is 0 Å². The molecule has 0 amide bonds. The Kier molecular flexibility index (Phi) is 6.65. The molecule has 5 heteroatoms. The maximum absolute atomic E-state index is 5.70. The van der Waals surface area contributed by atoms with Crippen LogP contribution in [0.2, 0.25) is 0 Å². The molecule has 0 aromatic carbocycles. The molecule has 1 atom stereocenters. The minimum Gasteiger partial charge on any atom is -0.371 e. The van der Waals surface area contributed by atoms with Gasteiger partial charge >= 0.3 is 0 Å². The second-order valence-corrected chi connectivity index (χ2v) is 4.54. The van der Waals surface area contributed by atoms with E-state index in [0.717, 1.165) is 23.5 Å². The van der Waals surface area contributed by atoms with Crippen LogP contribution in [0, 0.1) is 0 Å². The summed E-state index contributed by atoms with van der Waals surface area (Å²) in [5, 5.41) is 2.97. The zero-order chi connectivity index (χ0) is 12.7. The van der Waals surface area contributed by atoms with Gasteiger partial charge in [0.25, 0.3) is 0 Å². The van der Waals surface area contributed by atoms with Crippen LogP contribution in [0.5, 0.6) is 0 Å². The van der Waals surface area contributed by atoms with E-state index in [9.17, 15) is 0 Å². The van der Waals surface area contributed by atoms with Crippen LogP contribution in [-0.4, -0.2) is 25.8 Å². The van der Waals surface area contributed by atoms with Crippen molar-refractivity contribution in [3.8, 4) is 0 Å². The lowest BCUT2D eigenvalue weighted by Crippen LogP contribution is -2.07. The molecule has 0 bridgehead atoms. The van der Waals surface area contributed by atoms with Crippen molar-refractivity contribution < 1.29 is 14.2 Å². The SMILES string of the molecule is CCCC(OCC)c1nc(C(OC)OC)cs1. The number of aromatic nitrogens is 1. The highest BCUT2D eigenvalue weighted by Crippen LogP contribution is 2.28. The first-order valence-corrected chi connectivity index (χ1v) is 6.77. The highest BCUT2D eigenvalue weighted by atomic mass is 32.1. The number of methoxy groups -OCH3 is 2. The van der Waals surface area contributed by atoms with Gasteiger partial charge in [0.1, 0.15) is 16.8 Å². The fraction of sp³-hybridized carbons (Fsp3) is 0.750. The molecule has 0 aliphatic carbocycles. The van der Waals surface area contributed by atoms with Crippen molar-refractivity contribution in [3.63, 3.8) is 0 Å². The van der Waals surface area contributed by atoms with Gasteiger partial charge in [-0.25, -0.2) is 4.98 Å². The van der Waals surface area contributed by atoms with Crippen LogP contribution in [0.4, 0.5) is 0 Å². The van der Waals surface area contributed by atoms with Gasteiger partial charge in [-0.05, 0) is 13.3 Å². The molecule has 98 valence electrons. The van der Waals surface area contributed by atoms with Gasteiger partial charge in [-0.15, -0.1) is 11.3 Å². The Bertz CT molecular complexity index is 306. The minimum absolute atomic E-state index is 0.0955. The Morgan fingerprint density at radius 3 is 2.53 bits per heavy atom. The van der Waals surface area contributed by atoms with Crippen LogP contribution in [0.25, 0.3) is 0 Å². The van der Waals surface area contributed by atoms with Crippen LogP contribution in [0.1, 0.15) is 49.8 Å². The predicted molar refractivity (Wildman–Crippen MR) is 68.1 cm³/mol. The van der Waals surface area contributed by atoms with Crippen LogP contribution in [0.3, 0.4) is 0 Å². The molecule has 4 nitrogen and oxygen atoms in total. The first-order chi connectivity index (χ1) is 8.26. The average molecular weight is 259 g/mol. The van der Waals surface area contributed by atoms with Crippen LogP contribution in [-0.2, 0) is 14.2 Å². The number of ether oxygens (including phenoxy) is 3. The summed E-state index contributed by atoms with van der Waals surface area (Å²) in [6.07, 6.45) is 1.78. The number of thiazole rings is 1. The Morgan fingerprint density at radius 2 is 2.00 bits per heavy atom. The van der Waals surface area contributed by atoms with E-state index in [-0.39, 0.29) is 12.4 Å². The summed E-state index contributed by atoms with van der Waals surface area (Å²) < 4.78 is 16.1. The van der Waals surface area contributed by atoms with E-state index < -0.39 is 0 Å². The summed E-state index contributed by atoms with van der Waals surface area (Å²) in [5.41, 5.74) is 0.816. The summed E-state index contributed by atoms with van der Waals surface area (Å²) in [7, 11) is 3.22. The molecule has 1 heterocycles. The quantitative estimate of drug-likeness (QED) is 0.672. The standard InChI is InChI=1S/C12H21NO3S/c1-5-7-10(16-6-2)11-13-9(8-17-11)12(14-3)15-4/h8,10,12H,5-7H2,1-4H3. The third-order valence-corrected chi connectivity index (χ3v) is 3.36. The molecule has 0 saturated heterocycles. The number of rotatable bonds is 8. The van der Waals surface area contributed by atoms with Gasteiger partial charge in [0.15, 0.2) is 0 Å². The normalized spacial score (nSPS) is 13.2. The van der Waals surface area contributed by atoms with E-state index in [2.05, 4.69) is 11.9 Å². The molecule has 0 aliphatic rings. The molecule has 17 heavy (non-hydrogen) atoms. The molecule has 0 saturated carbocycles. The van der Waals surface area contributed by atoms with Crippen LogP contribution < -0.4 is 0 Å². The highest BCUT2D eigenvalue weighted by Gasteiger charge is 2.18. The Hall–Kier alpha value is -0.490. The summed E-state index contributed by atoms with van der Waals surface area (Å²) in [5.74, 6) is 0. The van der Waals surface area contributed by atoms with Crippen molar-refractivity contribution in [1.82, 2.24) is 4.98 Å². The van der Waals surface area contributed by atoms with Gasteiger partial charge < -0.3 is 14.2 Å². The smallest absolute Gasteiger partial charge is 0.201 e. The van der Waals surface area contributed by atoms with Crippen LogP contribution in [0.15, 0.2) is 5.38 Å². The van der Waals surface area contributed by atoms with Gasteiger partial charge in [-0.1, -0.05) is 13.3 Å². The molecule has 0 aliphatic heterocycles. The van der Waals surface area contributed by atoms with Crippen molar-refractivity contribution in [3.05, 3.63) is 16.1 Å². The van der Waals surface area contributed by atoms with Gasteiger partial charge in [0, 0.05) is 26.2 Å². The van der Waals surface area contributed by atoms with E-state index >= 15 is 0 Å². The first-order valence-electron chi connectivity index (χ1n) is 5.89. The molecule has 1 rings (SSSR count). The molecular weight excluding hydrogens is 238 g/mol. The monoisotopic (exact) mass is 259 g/mol. The number of hydrogen-bond acceptors (Lipinski definition) is 5. The Morgan fingerprint density at radius 1 is 1.29 bits per heavy atom. The third-order valence-electron chi connectivity index (χ3n) is 2.40. The minimum atomic E-state index is -0.385. The van der Waals surface area contributed by atoms with E-state index in [0.29, 0.717) is 6.61 Å². The van der Waals surface area contributed by atoms with E-state index in [1.807, 2.05) is 12.3 Å². The summed E-state index contributed by atoms with van der Waals surface area (Å²) >= 11 is 1.60. The Labute approximate surface area is 107 Å². The maximum atomic E-state index is 5.70. The second-order valence-electron chi connectivity index (χ2n) is 3.65. The zero-order valence-corrected chi connectivity index (χ0v) is 11.8. The van der Waals surface area contributed by atoms with Gasteiger partial charge in [0.2, 0.25) is 6.29 Å². The zero-order valence-electron chi connectivity index (χ0n) is 10.9. The van der Waals surface area contributed by atoms with Crippen molar-refractivity contribution in [2.75, 3.05) is 20.8 Å². The predicted octanol–water partition coefficient (Wildman–Crippen LogP) is 3.31. The largest absolute Gasteiger partial charge is 0.371 e. The molecular formula is C12H21NO3S. The topological polar surface area (TPSA) is 40.6 Å². The van der Waals surface area contributed by atoms with E-state index in [1.54, 1.807) is 25.6 Å². The van der Waals surface area contributed by atoms with Crippen molar-refractivity contribution in [2.45, 2.75) is 39.1 Å². The lowest BCUT2D eigenvalue weighted by atomic mass is 10.2. The maximum Gasteiger partial charge on any atom is 0.201 e. The van der Waals surface area contributed by atoms with Crippen molar-refractivity contribution in [1.29, 1.82) is 0 Å². The second kappa shape index (κ2) is 7.76. The lowest BCUT2D eigenvalue weighted by molar-refractivity contribution is -0.108. The molecule has 1 aromatic rings. The summed E-state index contributed by atoms with van der Waals surface area (Å²) in [6.45, 7) is 4.86. The fourth-order valence-corrected chi connectivity index (χ4v) is 2.54. The van der Waals surface area contributed by atoms with Crippen molar-refractivity contribution >= 4 is 11.3 Å². The molecule has 1 aromatic heterocycles. The number of nitrogens with zero attached hydrogens (tertiary/aromatic N) is 1. The van der Waals surface area contributed by atoms with Crippen molar-refractivity contribution in [2.24, 2.45) is 0 Å². The van der Waals surface area contributed by atoms with Gasteiger partial charge in [-0.2, -0.15) is 0 Å². The first kappa shape index (κ1) is 14.6. The van der Waals surface area contributed by atoms with E-state index in [1.165, 1.54) is 0 Å². The lowest BCUT2D eigenvalue weighted by Gasteiger charge is -2.13. The molecule has 0 spiro atoms. The molecule has 0 fully saturated rings. The number of hydrogen-bond donors (Lipinski definition) is 0.